The number of aliphatic imine (C=N–C) groups is 1. The minimum Gasteiger partial charge on any atom is -0.356 e. The van der Waals surface area contributed by atoms with E-state index in [1.54, 1.807) is 18.4 Å². The summed E-state index contributed by atoms with van der Waals surface area (Å²) < 4.78 is 37.9. The summed E-state index contributed by atoms with van der Waals surface area (Å²) in [5.41, 5.74) is 1.20. The molecule has 0 aliphatic heterocycles. The van der Waals surface area contributed by atoms with Crippen LogP contribution in [0.15, 0.2) is 34.6 Å². The van der Waals surface area contributed by atoms with E-state index in [9.17, 15) is 13.2 Å². The summed E-state index contributed by atoms with van der Waals surface area (Å²) in [6, 6.07) is 5.21. The van der Waals surface area contributed by atoms with E-state index in [-0.39, 0.29) is 0 Å². The van der Waals surface area contributed by atoms with Gasteiger partial charge in [-0.3, -0.25) is 4.99 Å². The number of hydrogen-bond donors (Lipinski definition) is 1. The molecule has 0 spiro atoms. The van der Waals surface area contributed by atoms with E-state index >= 15 is 0 Å². The lowest BCUT2D eigenvalue weighted by atomic mass is 10.1. The number of alkyl halides is 3. The van der Waals surface area contributed by atoms with Gasteiger partial charge in [0.2, 0.25) is 0 Å². The molecule has 26 heavy (non-hydrogen) atoms. The highest BCUT2D eigenvalue weighted by Crippen LogP contribution is 2.29. The molecule has 1 N–H and O–H groups in total. The monoisotopic (exact) mass is 384 g/mol. The van der Waals surface area contributed by atoms with E-state index in [4.69, 9.17) is 0 Å². The second kappa shape index (κ2) is 9.02. The topological polar surface area (TPSA) is 40.5 Å². The molecule has 1 aromatic carbocycles. The lowest BCUT2D eigenvalue weighted by molar-refractivity contribution is -0.137. The third-order valence-corrected chi connectivity index (χ3v) is 4.82. The number of guanidine groups is 1. The van der Waals surface area contributed by atoms with Crippen LogP contribution in [0.1, 0.15) is 28.2 Å². The highest BCUT2D eigenvalue weighted by atomic mass is 32.1. The van der Waals surface area contributed by atoms with E-state index in [2.05, 4.69) is 15.3 Å². The highest BCUT2D eigenvalue weighted by molar-refractivity contribution is 7.09. The van der Waals surface area contributed by atoms with Crippen LogP contribution in [0.4, 0.5) is 13.2 Å². The van der Waals surface area contributed by atoms with Crippen molar-refractivity contribution < 1.29 is 13.2 Å². The van der Waals surface area contributed by atoms with Gasteiger partial charge < -0.3 is 10.2 Å². The van der Waals surface area contributed by atoms with Gasteiger partial charge in [-0.25, -0.2) is 4.98 Å². The van der Waals surface area contributed by atoms with Crippen LogP contribution in [0, 0.1) is 6.92 Å². The molecular weight excluding hydrogens is 361 g/mol. The van der Waals surface area contributed by atoms with Crippen molar-refractivity contribution in [1.29, 1.82) is 0 Å². The number of nitrogens with zero attached hydrogens (tertiary/aromatic N) is 3. The molecule has 0 unspecified atom stereocenters. The summed E-state index contributed by atoms with van der Waals surface area (Å²) >= 11 is 1.67. The Morgan fingerprint density at radius 2 is 1.96 bits per heavy atom. The summed E-state index contributed by atoms with van der Waals surface area (Å²) in [6.07, 6.45) is -2.47. The summed E-state index contributed by atoms with van der Waals surface area (Å²) in [5.74, 6) is 0.709. The van der Waals surface area contributed by atoms with Gasteiger partial charge in [-0.2, -0.15) is 13.2 Å². The van der Waals surface area contributed by atoms with Crippen LogP contribution in [0.3, 0.4) is 0 Å². The Balaban J connectivity index is 1.81. The van der Waals surface area contributed by atoms with Crippen molar-refractivity contribution in [2.24, 2.45) is 4.99 Å². The van der Waals surface area contributed by atoms with Gasteiger partial charge in [0, 0.05) is 44.7 Å². The number of nitrogens with one attached hydrogen (secondary N) is 1. The van der Waals surface area contributed by atoms with Crippen molar-refractivity contribution in [3.05, 3.63) is 51.5 Å². The molecule has 2 rings (SSSR count). The quantitative estimate of drug-likeness (QED) is 0.463. The van der Waals surface area contributed by atoms with Gasteiger partial charge in [0.25, 0.3) is 0 Å². The second-order valence-corrected chi connectivity index (χ2v) is 6.95. The van der Waals surface area contributed by atoms with Crippen LogP contribution < -0.4 is 5.32 Å². The Morgan fingerprint density at radius 1 is 1.27 bits per heavy atom. The van der Waals surface area contributed by atoms with Crippen molar-refractivity contribution in [2.75, 3.05) is 20.6 Å². The molecule has 0 bridgehead atoms. The molecule has 142 valence electrons. The Morgan fingerprint density at radius 3 is 2.50 bits per heavy atom. The second-order valence-electron chi connectivity index (χ2n) is 6.01. The van der Waals surface area contributed by atoms with Crippen molar-refractivity contribution in [2.45, 2.75) is 32.5 Å². The third-order valence-electron chi connectivity index (χ3n) is 3.79. The number of benzene rings is 1. The summed E-state index contributed by atoms with van der Waals surface area (Å²) in [6.45, 7) is 3.21. The zero-order valence-electron chi connectivity index (χ0n) is 15.1. The fourth-order valence-corrected chi connectivity index (χ4v) is 3.31. The average molecular weight is 384 g/mol. The molecule has 8 heteroatoms. The molecule has 0 amide bonds. The average Bonchev–Trinajstić information content (AvgIpc) is 3.00. The molecule has 1 heterocycles. The standard InChI is InChI=1S/C18H23F3N4S/c1-13-12-26-16(24-13)5-4-10-23-17(22-2)25(3)11-14-6-8-15(9-7-14)18(19,20)21/h6-9,12H,4-5,10-11H2,1-3H3,(H,22,23). The minimum absolute atomic E-state index is 0.476. The van der Waals surface area contributed by atoms with Crippen molar-refractivity contribution in [3.8, 4) is 0 Å². The Hall–Kier alpha value is -2.09. The van der Waals surface area contributed by atoms with Crippen LogP contribution in [0.2, 0.25) is 0 Å². The molecule has 0 fully saturated rings. The Labute approximate surface area is 155 Å². The maximum absolute atomic E-state index is 12.6. The fourth-order valence-electron chi connectivity index (χ4n) is 2.49. The molecule has 2 aromatic rings. The van der Waals surface area contributed by atoms with Crippen LogP contribution in [0.5, 0.6) is 0 Å². The normalized spacial score (nSPS) is 12.3. The van der Waals surface area contributed by atoms with Gasteiger partial charge in [0.05, 0.1) is 10.6 Å². The minimum atomic E-state index is -4.31. The predicted octanol–water partition coefficient (Wildman–Crippen LogP) is 4.11. The molecule has 0 atom stereocenters. The Bertz CT molecular complexity index is 723. The lowest BCUT2D eigenvalue weighted by Crippen LogP contribution is -2.39. The summed E-state index contributed by atoms with van der Waals surface area (Å²) in [5, 5.41) is 6.44. The first-order valence-corrected chi connectivity index (χ1v) is 9.16. The van der Waals surface area contributed by atoms with Crippen molar-refractivity contribution in [3.63, 3.8) is 0 Å². The number of hydrogen-bond acceptors (Lipinski definition) is 3. The van der Waals surface area contributed by atoms with E-state index in [0.29, 0.717) is 12.5 Å². The molecule has 0 aliphatic carbocycles. The van der Waals surface area contributed by atoms with E-state index < -0.39 is 11.7 Å². The van der Waals surface area contributed by atoms with Crippen LogP contribution in [0.25, 0.3) is 0 Å². The van der Waals surface area contributed by atoms with E-state index in [1.165, 1.54) is 12.1 Å². The molecular formula is C18H23F3N4S. The van der Waals surface area contributed by atoms with Gasteiger partial charge in [0.1, 0.15) is 0 Å². The molecule has 0 radical (unpaired) electrons. The van der Waals surface area contributed by atoms with Gasteiger partial charge in [-0.05, 0) is 31.0 Å². The smallest absolute Gasteiger partial charge is 0.356 e. The van der Waals surface area contributed by atoms with E-state index in [1.807, 2.05) is 24.3 Å². The third kappa shape index (κ3) is 6.01. The highest BCUT2D eigenvalue weighted by Gasteiger charge is 2.29. The Kier molecular flexibility index (Phi) is 7.02. The molecule has 0 aliphatic rings. The molecule has 4 nitrogen and oxygen atoms in total. The number of aryl methyl sites for hydroxylation is 2. The predicted molar refractivity (Wildman–Crippen MR) is 99.4 cm³/mol. The van der Waals surface area contributed by atoms with Gasteiger partial charge in [0.15, 0.2) is 5.96 Å². The maximum Gasteiger partial charge on any atom is 0.416 e. The van der Waals surface area contributed by atoms with Crippen LogP contribution in [-0.2, 0) is 19.1 Å². The van der Waals surface area contributed by atoms with Gasteiger partial charge in [-0.15, -0.1) is 11.3 Å². The number of rotatable bonds is 6. The number of aromatic nitrogens is 1. The van der Waals surface area contributed by atoms with Crippen molar-refractivity contribution in [1.82, 2.24) is 15.2 Å². The fraction of sp³-hybridized carbons (Fsp3) is 0.444. The maximum atomic E-state index is 12.6. The SMILES string of the molecule is CN=C(NCCCc1nc(C)cs1)N(C)Cc1ccc(C(F)(F)F)cc1. The number of thiazole rings is 1. The summed E-state index contributed by atoms with van der Waals surface area (Å²) in [7, 11) is 3.55. The first-order chi connectivity index (χ1) is 12.3. The van der Waals surface area contributed by atoms with E-state index in [0.717, 1.165) is 47.8 Å². The molecule has 0 saturated heterocycles. The largest absolute Gasteiger partial charge is 0.416 e. The lowest BCUT2D eigenvalue weighted by Gasteiger charge is -2.22. The van der Waals surface area contributed by atoms with Crippen LogP contribution >= 0.6 is 11.3 Å². The summed E-state index contributed by atoms with van der Waals surface area (Å²) in [4.78, 5) is 10.5. The van der Waals surface area contributed by atoms with Gasteiger partial charge >= 0.3 is 6.18 Å². The molecule has 0 saturated carbocycles. The van der Waals surface area contributed by atoms with Crippen LogP contribution in [-0.4, -0.2) is 36.5 Å². The first kappa shape index (κ1) is 20.2. The van der Waals surface area contributed by atoms with Crippen molar-refractivity contribution >= 4 is 17.3 Å². The first-order valence-electron chi connectivity index (χ1n) is 8.28. The zero-order chi connectivity index (χ0) is 19.2. The zero-order valence-corrected chi connectivity index (χ0v) is 15.9. The number of halogens is 3. The molecule has 1 aromatic heterocycles. The van der Waals surface area contributed by atoms with Gasteiger partial charge in [-0.1, -0.05) is 12.1 Å².